The number of rotatable bonds is 2. The van der Waals surface area contributed by atoms with Crippen LogP contribution in [0.15, 0.2) is 47.5 Å². The zero-order chi connectivity index (χ0) is 12.5. The number of halogens is 2. The first-order chi connectivity index (χ1) is 8.72. The van der Waals surface area contributed by atoms with Gasteiger partial charge in [0.1, 0.15) is 10.4 Å². The molecule has 18 heavy (non-hydrogen) atoms. The summed E-state index contributed by atoms with van der Waals surface area (Å²) in [6.45, 7) is 0. The van der Waals surface area contributed by atoms with Crippen LogP contribution in [0.25, 0.3) is 5.65 Å². The Morgan fingerprint density at radius 2 is 2.00 bits per heavy atom. The molecule has 0 spiro atoms. The Hall–Kier alpha value is -1.75. The summed E-state index contributed by atoms with van der Waals surface area (Å²) in [5, 5.41) is 0. The molecule has 0 atom stereocenters. The van der Waals surface area contributed by atoms with Gasteiger partial charge < -0.3 is 4.40 Å². The highest BCUT2D eigenvalue weighted by Gasteiger charge is 2.07. The Morgan fingerprint density at radius 1 is 1.22 bits per heavy atom. The van der Waals surface area contributed by atoms with E-state index in [4.69, 9.17) is 0 Å². The molecule has 0 radical (unpaired) electrons. The van der Waals surface area contributed by atoms with Crippen LogP contribution in [-0.2, 0) is 6.42 Å². The van der Waals surface area contributed by atoms with Crippen LogP contribution in [0.1, 0.15) is 11.3 Å². The van der Waals surface area contributed by atoms with Gasteiger partial charge in [-0.25, -0.2) is 14.4 Å². The number of nitrogens with zero attached hydrogens (tertiary/aromatic N) is 3. The molecule has 2 heterocycles. The van der Waals surface area contributed by atoms with Crippen molar-refractivity contribution in [3.8, 4) is 0 Å². The van der Waals surface area contributed by atoms with Crippen LogP contribution >= 0.6 is 15.9 Å². The molecular weight excluding hydrogens is 297 g/mol. The highest BCUT2D eigenvalue weighted by Crippen LogP contribution is 2.16. The van der Waals surface area contributed by atoms with Crippen molar-refractivity contribution in [2.75, 3.05) is 0 Å². The third-order valence-corrected chi connectivity index (χ3v) is 3.08. The lowest BCUT2D eigenvalue weighted by Gasteiger charge is -2.04. The average Bonchev–Trinajstić information content (AvgIpc) is 2.80. The standard InChI is InChI=1S/C13H9BrFN3/c14-12-8-18-6-5-16-13(18)11(17-12)7-9-1-3-10(15)4-2-9/h1-6,8H,7H2. The topological polar surface area (TPSA) is 30.2 Å². The number of fused-ring (bicyclic) bond motifs is 1. The minimum atomic E-state index is -0.230. The Labute approximate surface area is 111 Å². The smallest absolute Gasteiger partial charge is 0.158 e. The van der Waals surface area contributed by atoms with Crippen molar-refractivity contribution in [2.24, 2.45) is 0 Å². The summed E-state index contributed by atoms with van der Waals surface area (Å²) < 4.78 is 15.5. The summed E-state index contributed by atoms with van der Waals surface area (Å²) in [5.41, 5.74) is 2.69. The second-order valence-electron chi connectivity index (χ2n) is 3.97. The first kappa shape index (κ1) is 11.3. The number of benzene rings is 1. The van der Waals surface area contributed by atoms with Gasteiger partial charge in [0.15, 0.2) is 5.65 Å². The maximum atomic E-state index is 12.9. The predicted octanol–water partition coefficient (Wildman–Crippen LogP) is 3.22. The maximum Gasteiger partial charge on any atom is 0.158 e. The third kappa shape index (κ3) is 2.13. The van der Waals surface area contributed by atoms with Crippen LogP contribution in [0.5, 0.6) is 0 Å². The lowest BCUT2D eigenvalue weighted by molar-refractivity contribution is 0.627. The van der Waals surface area contributed by atoms with Crippen molar-refractivity contribution in [3.05, 3.63) is 64.5 Å². The zero-order valence-electron chi connectivity index (χ0n) is 9.35. The van der Waals surface area contributed by atoms with Crippen LogP contribution in [0.3, 0.4) is 0 Å². The van der Waals surface area contributed by atoms with Crippen molar-refractivity contribution in [2.45, 2.75) is 6.42 Å². The average molecular weight is 306 g/mol. The summed E-state index contributed by atoms with van der Waals surface area (Å²) in [5.74, 6) is -0.230. The molecule has 0 fully saturated rings. The minimum absolute atomic E-state index is 0.230. The first-order valence-corrected chi connectivity index (χ1v) is 6.24. The molecule has 0 bridgehead atoms. The molecule has 0 saturated carbocycles. The third-order valence-electron chi connectivity index (χ3n) is 2.70. The van der Waals surface area contributed by atoms with Crippen molar-refractivity contribution in [1.82, 2.24) is 14.4 Å². The molecule has 0 aliphatic rings. The second-order valence-corrected chi connectivity index (χ2v) is 4.78. The van der Waals surface area contributed by atoms with Gasteiger partial charge in [-0.2, -0.15) is 0 Å². The predicted molar refractivity (Wildman–Crippen MR) is 69.9 cm³/mol. The van der Waals surface area contributed by atoms with Gasteiger partial charge in [-0.3, -0.25) is 0 Å². The molecule has 0 N–H and O–H groups in total. The minimum Gasteiger partial charge on any atom is -0.303 e. The molecule has 90 valence electrons. The van der Waals surface area contributed by atoms with Gasteiger partial charge in [0, 0.05) is 25.0 Å². The Bertz CT molecular complexity index is 691. The number of hydrogen-bond donors (Lipinski definition) is 0. The van der Waals surface area contributed by atoms with E-state index < -0.39 is 0 Å². The number of hydrogen-bond acceptors (Lipinski definition) is 2. The zero-order valence-corrected chi connectivity index (χ0v) is 10.9. The van der Waals surface area contributed by atoms with Gasteiger partial charge in [-0.15, -0.1) is 0 Å². The molecule has 2 aromatic heterocycles. The quantitative estimate of drug-likeness (QED) is 0.727. The van der Waals surface area contributed by atoms with E-state index >= 15 is 0 Å². The fraction of sp³-hybridized carbons (Fsp3) is 0.0769. The molecule has 3 nitrogen and oxygen atoms in total. The Kier molecular flexibility index (Phi) is 2.83. The maximum absolute atomic E-state index is 12.9. The highest BCUT2D eigenvalue weighted by atomic mass is 79.9. The molecule has 0 aliphatic carbocycles. The summed E-state index contributed by atoms with van der Waals surface area (Å²) in [7, 11) is 0. The number of imidazole rings is 1. The van der Waals surface area contributed by atoms with Crippen LogP contribution in [0.2, 0.25) is 0 Å². The van der Waals surface area contributed by atoms with E-state index in [1.807, 2.05) is 16.8 Å². The van der Waals surface area contributed by atoms with Gasteiger partial charge in [-0.1, -0.05) is 12.1 Å². The van der Waals surface area contributed by atoms with E-state index in [0.717, 1.165) is 21.5 Å². The van der Waals surface area contributed by atoms with E-state index in [-0.39, 0.29) is 5.82 Å². The van der Waals surface area contributed by atoms with Crippen LogP contribution in [-0.4, -0.2) is 14.4 Å². The van der Waals surface area contributed by atoms with E-state index in [9.17, 15) is 4.39 Å². The molecule has 1 aromatic carbocycles. The molecular formula is C13H9BrFN3. The SMILES string of the molecule is Fc1ccc(Cc2nc(Br)cn3ccnc23)cc1. The van der Waals surface area contributed by atoms with E-state index in [1.54, 1.807) is 18.3 Å². The van der Waals surface area contributed by atoms with Crippen LogP contribution < -0.4 is 0 Å². The van der Waals surface area contributed by atoms with Gasteiger partial charge in [0.05, 0.1) is 5.69 Å². The molecule has 3 aromatic rings. The summed E-state index contributed by atoms with van der Waals surface area (Å²) in [6, 6.07) is 6.43. The molecule has 0 saturated heterocycles. The van der Waals surface area contributed by atoms with Crippen molar-refractivity contribution in [3.63, 3.8) is 0 Å². The van der Waals surface area contributed by atoms with Crippen LogP contribution in [0.4, 0.5) is 4.39 Å². The first-order valence-electron chi connectivity index (χ1n) is 5.45. The summed E-state index contributed by atoms with van der Waals surface area (Å²) >= 11 is 3.37. The van der Waals surface area contributed by atoms with Crippen molar-refractivity contribution in [1.29, 1.82) is 0 Å². The lowest BCUT2D eigenvalue weighted by atomic mass is 10.1. The Morgan fingerprint density at radius 3 is 2.78 bits per heavy atom. The normalized spacial score (nSPS) is 11.0. The molecule has 0 amide bonds. The summed E-state index contributed by atoms with van der Waals surface area (Å²) in [4.78, 5) is 8.71. The molecule has 3 rings (SSSR count). The van der Waals surface area contributed by atoms with Crippen molar-refractivity contribution < 1.29 is 4.39 Å². The van der Waals surface area contributed by atoms with Crippen molar-refractivity contribution >= 4 is 21.6 Å². The summed E-state index contributed by atoms with van der Waals surface area (Å²) in [6.07, 6.45) is 6.09. The van der Waals surface area contributed by atoms with Gasteiger partial charge in [0.25, 0.3) is 0 Å². The second kappa shape index (κ2) is 4.49. The van der Waals surface area contributed by atoms with E-state index in [1.165, 1.54) is 12.1 Å². The lowest BCUT2D eigenvalue weighted by Crippen LogP contribution is -1.98. The largest absolute Gasteiger partial charge is 0.303 e. The van der Waals surface area contributed by atoms with Gasteiger partial charge >= 0.3 is 0 Å². The molecule has 0 unspecified atom stereocenters. The molecule has 5 heteroatoms. The number of aromatic nitrogens is 3. The highest BCUT2D eigenvalue weighted by molar-refractivity contribution is 9.10. The Balaban J connectivity index is 2.03. The van der Waals surface area contributed by atoms with Gasteiger partial charge in [0.2, 0.25) is 0 Å². The fourth-order valence-corrected chi connectivity index (χ4v) is 2.31. The monoisotopic (exact) mass is 305 g/mol. The van der Waals surface area contributed by atoms with E-state index in [0.29, 0.717) is 6.42 Å². The van der Waals surface area contributed by atoms with E-state index in [2.05, 4.69) is 25.9 Å². The fourth-order valence-electron chi connectivity index (χ4n) is 1.88. The molecule has 0 aliphatic heterocycles. The van der Waals surface area contributed by atoms with Crippen LogP contribution in [0, 0.1) is 5.82 Å². The van der Waals surface area contributed by atoms with Gasteiger partial charge in [-0.05, 0) is 33.6 Å².